The molecule has 0 amide bonds. The number of benzene rings is 1. The van der Waals surface area contributed by atoms with E-state index in [1.807, 2.05) is 6.92 Å². The molecule has 0 aliphatic rings. The molecule has 0 atom stereocenters. The van der Waals surface area contributed by atoms with E-state index >= 15 is 0 Å². The van der Waals surface area contributed by atoms with Gasteiger partial charge in [0.05, 0.1) is 12.7 Å². The monoisotopic (exact) mass is 288 g/mol. The van der Waals surface area contributed by atoms with E-state index in [9.17, 15) is 9.90 Å². The number of rotatable bonds is 4. The molecule has 0 aromatic heterocycles. The highest BCUT2D eigenvalue weighted by atomic mass is 35.5. The number of carbonyl (C=O) groups excluding carboxylic acids is 1. The van der Waals surface area contributed by atoms with Crippen LogP contribution in [0.3, 0.4) is 0 Å². The molecule has 0 saturated heterocycles. The molecule has 1 aromatic carbocycles. The quantitative estimate of drug-likeness (QED) is 0.676. The van der Waals surface area contributed by atoms with Gasteiger partial charge in [0.15, 0.2) is 0 Å². The topological polar surface area (TPSA) is 46.5 Å². The van der Waals surface area contributed by atoms with E-state index in [1.165, 1.54) is 20.1 Å². The van der Waals surface area contributed by atoms with E-state index in [-0.39, 0.29) is 21.4 Å². The highest BCUT2D eigenvalue weighted by molar-refractivity contribution is 6.50. The van der Waals surface area contributed by atoms with Crippen LogP contribution in [0.25, 0.3) is 0 Å². The van der Waals surface area contributed by atoms with Gasteiger partial charge in [-0.15, -0.1) is 0 Å². The molecule has 18 heavy (non-hydrogen) atoms. The van der Waals surface area contributed by atoms with Crippen molar-refractivity contribution in [1.82, 2.24) is 0 Å². The van der Waals surface area contributed by atoms with Crippen LogP contribution < -0.4 is 4.74 Å². The van der Waals surface area contributed by atoms with E-state index in [4.69, 9.17) is 27.9 Å². The maximum Gasteiger partial charge on any atom is 0.209 e. The maximum absolute atomic E-state index is 12.0. The number of hydrogen-bond donors (Lipinski definition) is 1. The highest BCUT2D eigenvalue weighted by Gasteiger charge is 2.19. The first-order chi connectivity index (χ1) is 8.42. The van der Waals surface area contributed by atoms with Crippen LogP contribution in [0, 0.1) is 0 Å². The molecule has 0 radical (unpaired) electrons. The molecule has 1 rings (SSSR count). The Kier molecular flexibility index (Phi) is 5.05. The van der Waals surface area contributed by atoms with E-state index in [2.05, 4.69) is 0 Å². The first-order valence-corrected chi connectivity index (χ1v) is 6.14. The largest absolute Gasteiger partial charge is 0.507 e. The summed E-state index contributed by atoms with van der Waals surface area (Å²) in [5, 5.41) is 9.91. The van der Waals surface area contributed by atoms with Crippen molar-refractivity contribution in [3.05, 3.63) is 33.3 Å². The molecule has 0 saturated carbocycles. The lowest BCUT2D eigenvalue weighted by atomic mass is 10.0. The van der Waals surface area contributed by atoms with Crippen molar-refractivity contribution >= 4 is 29.0 Å². The number of phenolic OH excluding ortho intramolecular Hbond substituents is 1. The Morgan fingerprint density at radius 2 is 2.00 bits per heavy atom. The van der Waals surface area contributed by atoms with E-state index in [0.717, 1.165) is 5.56 Å². The first-order valence-electron chi connectivity index (χ1n) is 5.38. The molecule has 0 unspecified atom stereocenters. The second-order valence-corrected chi connectivity index (χ2v) is 4.66. The van der Waals surface area contributed by atoms with Crippen LogP contribution in [-0.2, 0) is 6.42 Å². The molecule has 1 aromatic rings. The van der Waals surface area contributed by atoms with Crippen LogP contribution >= 0.6 is 23.2 Å². The van der Waals surface area contributed by atoms with Gasteiger partial charge in [0.1, 0.15) is 16.5 Å². The van der Waals surface area contributed by atoms with E-state index in [0.29, 0.717) is 12.2 Å². The fraction of sp³-hybridized carbons (Fsp3) is 0.308. The SMILES string of the molecule is CCc1cc(C(=O)/C(Cl)=C(/C)Cl)c(O)cc1OC. The lowest BCUT2D eigenvalue weighted by molar-refractivity contribution is 0.103. The lowest BCUT2D eigenvalue weighted by Gasteiger charge is -2.11. The second kappa shape index (κ2) is 6.12. The Morgan fingerprint density at radius 3 is 2.44 bits per heavy atom. The first kappa shape index (κ1) is 14.9. The van der Waals surface area contributed by atoms with Gasteiger partial charge in [-0.25, -0.2) is 0 Å². The minimum Gasteiger partial charge on any atom is -0.507 e. The minimum absolute atomic E-state index is 0.0980. The Balaban J connectivity index is 3.35. The molecule has 98 valence electrons. The van der Waals surface area contributed by atoms with Crippen LogP contribution in [0.4, 0.5) is 0 Å². The van der Waals surface area contributed by atoms with Crippen LogP contribution in [0.15, 0.2) is 22.2 Å². The zero-order valence-electron chi connectivity index (χ0n) is 10.4. The molecule has 1 N–H and O–H groups in total. The number of phenols is 1. The molecule has 0 fully saturated rings. The van der Waals surface area contributed by atoms with Crippen molar-refractivity contribution < 1.29 is 14.6 Å². The molecular formula is C13H14Cl2O3. The molecule has 0 aliphatic carbocycles. The van der Waals surface area contributed by atoms with Crippen molar-refractivity contribution in [2.24, 2.45) is 0 Å². The number of carbonyl (C=O) groups is 1. The van der Waals surface area contributed by atoms with Crippen molar-refractivity contribution in [3.8, 4) is 11.5 Å². The number of aromatic hydroxyl groups is 1. The number of methoxy groups -OCH3 is 1. The number of aryl methyl sites for hydroxylation is 1. The third-order valence-corrected chi connectivity index (χ3v) is 3.27. The number of ether oxygens (including phenoxy) is 1. The fourth-order valence-electron chi connectivity index (χ4n) is 1.54. The van der Waals surface area contributed by atoms with Crippen LogP contribution in [0.5, 0.6) is 11.5 Å². The number of ketones is 1. The molecule has 0 bridgehead atoms. The van der Waals surface area contributed by atoms with Gasteiger partial charge in [0, 0.05) is 11.1 Å². The smallest absolute Gasteiger partial charge is 0.209 e. The standard InChI is InChI=1S/C13H14Cl2O3/c1-4-8-5-9(10(16)6-11(8)18-3)13(17)12(15)7(2)14/h5-6,16H,4H2,1-3H3/b12-7+. The summed E-state index contributed by atoms with van der Waals surface area (Å²) < 4.78 is 5.12. The average Bonchev–Trinajstić information content (AvgIpc) is 2.36. The molecule has 3 nitrogen and oxygen atoms in total. The number of Topliss-reactive ketones (excluding diaryl/α,β-unsaturated/α-hetero) is 1. The number of allylic oxidation sites excluding steroid dienone is 2. The van der Waals surface area contributed by atoms with Gasteiger partial charge in [-0.05, 0) is 25.0 Å². The lowest BCUT2D eigenvalue weighted by Crippen LogP contribution is -2.03. The summed E-state index contributed by atoms with van der Waals surface area (Å²) in [5.41, 5.74) is 0.938. The molecule has 5 heteroatoms. The summed E-state index contributed by atoms with van der Waals surface area (Å²) in [6, 6.07) is 2.97. The summed E-state index contributed by atoms with van der Waals surface area (Å²) in [6.07, 6.45) is 0.672. The average molecular weight is 289 g/mol. The zero-order valence-corrected chi connectivity index (χ0v) is 11.9. The summed E-state index contributed by atoms with van der Waals surface area (Å²) in [5.74, 6) is -0.140. The van der Waals surface area contributed by atoms with Crippen LogP contribution in [0.2, 0.25) is 0 Å². The van der Waals surface area contributed by atoms with Crippen molar-refractivity contribution in [2.75, 3.05) is 7.11 Å². The van der Waals surface area contributed by atoms with Crippen LogP contribution in [0.1, 0.15) is 29.8 Å². The van der Waals surface area contributed by atoms with Gasteiger partial charge in [-0.2, -0.15) is 0 Å². The van der Waals surface area contributed by atoms with Gasteiger partial charge in [0.2, 0.25) is 5.78 Å². The number of hydrogen-bond acceptors (Lipinski definition) is 3. The Bertz CT molecular complexity index is 503. The third kappa shape index (κ3) is 2.98. The second-order valence-electron chi connectivity index (χ2n) is 3.71. The normalized spacial score (nSPS) is 12.1. The molecule has 0 aliphatic heterocycles. The maximum atomic E-state index is 12.0. The third-order valence-electron chi connectivity index (χ3n) is 2.53. The summed E-state index contributed by atoms with van der Waals surface area (Å²) in [6.45, 7) is 3.44. The molecular weight excluding hydrogens is 275 g/mol. The van der Waals surface area contributed by atoms with Crippen LogP contribution in [-0.4, -0.2) is 18.0 Å². The number of halogens is 2. The van der Waals surface area contributed by atoms with Gasteiger partial charge in [-0.3, -0.25) is 4.79 Å². The Labute approximate surface area is 116 Å². The van der Waals surface area contributed by atoms with Gasteiger partial charge < -0.3 is 9.84 Å². The van der Waals surface area contributed by atoms with E-state index in [1.54, 1.807) is 6.07 Å². The summed E-state index contributed by atoms with van der Waals surface area (Å²) >= 11 is 11.5. The summed E-state index contributed by atoms with van der Waals surface area (Å²) in [4.78, 5) is 12.0. The fourth-order valence-corrected chi connectivity index (χ4v) is 1.72. The zero-order chi connectivity index (χ0) is 13.9. The Morgan fingerprint density at radius 1 is 1.39 bits per heavy atom. The van der Waals surface area contributed by atoms with Gasteiger partial charge in [-0.1, -0.05) is 30.1 Å². The van der Waals surface area contributed by atoms with E-state index < -0.39 is 5.78 Å². The molecule has 0 spiro atoms. The predicted molar refractivity (Wildman–Crippen MR) is 72.8 cm³/mol. The summed E-state index contributed by atoms with van der Waals surface area (Å²) in [7, 11) is 1.51. The Hall–Kier alpha value is -1.19. The highest BCUT2D eigenvalue weighted by Crippen LogP contribution is 2.31. The van der Waals surface area contributed by atoms with Gasteiger partial charge >= 0.3 is 0 Å². The minimum atomic E-state index is -0.501. The van der Waals surface area contributed by atoms with Crippen molar-refractivity contribution in [1.29, 1.82) is 0 Å². The van der Waals surface area contributed by atoms with Crippen molar-refractivity contribution in [3.63, 3.8) is 0 Å². The van der Waals surface area contributed by atoms with Gasteiger partial charge in [0.25, 0.3) is 0 Å². The molecule has 0 heterocycles. The van der Waals surface area contributed by atoms with Crippen molar-refractivity contribution in [2.45, 2.75) is 20.3 Å². The predicted octanol–water partition coefficient (Wildman–Crippen LogP) is 3.86.